The van der Waals surface area contributed by atoms with Gasteiger partial charge in [-0.1, -0.05) is 31.0 Å². The van der Waals surface area contributed by atoms with Gasteiger partial charge in [0.05, 0.1) is 6.54 Å². The molecule has 1 fully saturated rings. The molecule has 3 rings (SSSR count). The summed E-state index contributed by atoms with van der Waals surface area (Å²) in [4.78, 5) is 31.3. The molecule has 0 aromatic heterocycles. The Balaban J connectivity index is 1.41. The lowest BCUT2D eigenvalue weighted by atomic mass is 10.0. The summed E-state index contributed by atoms with van der Waals surface area (Å²) in [5, 5.41) is 0. The number of hydrogen-bond donors (Lipinski definition) is 1. The quantitative estimate of drug-likeness (QED) is 0.694. The highest BCUT2D eigenvalue weighted by Gasteiger charge is 2.26. The van der Waals surface area contributed by atoms with Gasteiger partial charge in [0, 0.05) is 44.8 Å². The van der Waals surface area contributed by atoms with Crippen molar-refractivity contribution in [2.24, 2.45) is 5.73 Å². The number of hydrogen-bond acceptors (Lipinski definition) is 4. The van der Waals surface area contributed by atoms with Crippen LogP contribution in [-0.4, -0.2) is 67.4 Å². The molecule has 2 aliphatic rings. The molecule has 1 aromatic carbocycles. The third-order valence-electron chi connectivity index (χ3n) is 5.84. The molecule has 0 atom stereocenters. The number of carbonyl (C=O) groups is 2. The zero-order valence-electron chi connectivity index (χ0n) is 16.9. The molecule has 28 heavy (non-hydrogen) atoms. The molecule has 0 spiro atoms. The van der Waals surface area contributed by atoms with E-state index in [0.717, 1.165) is 83.5 Å². The van der Waals surface area contributed by atoms with Gasteiger partial charge < -0.3 is 15.5 Å². The largest absolute Gasteiger partial charge is 0.340 e. The summed E-state index contributed by atoms with van der Waals surface area (Å²) < 4.78 is 0. The van der Waals surface area contributed by atoms with Crippen LogP contribution in [0.4, 0.5) is 5.69 Å². The minimum atomic E-state index is 0.173. The Bertz CT molecular complexity index is 656. The number of anilines is 1. The first-order valence-corrected chi connectivity index (χ1v) is 10.8. The van der Waals surface area contributed by atoms with Gasteiger partial charge in [-0.3, -0.25) is 14.5 Å². The van der Waals surface area contributed by atoms with E-state index in [1.165, 1.54) is 5.56 Å². The van der Waals surface area contributed by atoms with Crippen LogP contribution in [0.25, 0.3) is 0 Å². The molecular weight excluding hydrogens is 352 g/mol. The maximum Gasteiger partial charge on any atom is 0.241 e. The second-order valence-electron chi connectivity index (χ2n) is 7.89. The maximum atomic E-state index is 12.9. The van der Waals surface area contributed by atoms with Crippen LogP contribution in [0, 0.1) is 0 Å². The van der Waals surface area contributed by atoms with Crippen LogP contribution in [0.1, 0.15) is 44.1 Å². The fourth-order valence-electron chi connectivity index (χ4n) is 4.16. The summed E-state index contributed by atoms with van der Waals surface area (Å²) in [6.07, 6.45) is 6.89. The van der Waals surface area contributed by atoms with Crippen molar-refractivity contribution < 1.29 is 9.59 Å². The molecule has 1 aromatic rings. The van der Waals surface area contributed by atoms with E-state index in [1.807, 2.05) is 21.9 Å². The molecule has 0 saturated carbocycles. The zero-order chi connectivity index (χ0) is 19.8. The number of nitrogens with zero attached hydrogens (tertiary/aromatic N) is 3. The molecule has 6 heteroatoms. The van der Waals surface area contributed by atoms with Gasteiger partial charge in [-0.05, 0) is 43.9 Å². The van der Waals surface area contributed by atoms with Crippen LogP contribution in [0.15, 0.2) is 24.3 Å². The number of nitrogens with two attached hydrogens (primary N) is 1. The summed E-state index contributed by atoms with van der Waals surface area (Å²) in [5.74, 6) is 0.426. The molecule has 1 saturated heterocycles. The maximum absolute atomic E-state index is 12.9. The Kier molecular flexibility index (Phi) is 7.86. The molecule has 0 aliphatic carbocycles. The second-order valence-corrected chi connectivity index (χ2v) is 7.89. The van der Waals surface area contributed by atoms with E-state index in [2.05, 4.69) is 17.0 Å². The van der Waals surface area contributed by atoms with E-state index in [4.69, 9.17) is 5.73 Å². The Labute approximate surface area is 168 Å². The Morgan fingerprint density at radius 2 is 1.64 bits per heavy atom. The minimum absolute atomic E-state index is 0.173. The van der Waals surface area contributed by atoms with Crippen LogP contribution in [0.2, 0.25) is 0 Å². The number of para-hydroxylation sites is 1. The number of carbonyl (C=O) groups excluding carboxylic acids is 2. The van der Waals surface area contributed by atoms with Gasteiger partial charge >= 0.3 is 0 Å². The average Bonchev–Trinajstić information content (AvgIpc) is 2.73. The van der Waals surface area contributed by atoms with Crippen molar-refractivity contribution >= 4 is 17.5 Å². The van der Waals surface area contributed by atoms with Crippen molar-refractivity contribution in [3.63, 3.8) is 0 Å². The molecular formula is C22H34N4O2. The molecule has 0 radical (unpaired) electrons. The number of unbranched alkanes of at least 4 members (excludes halogenated alkanes) is 3. The molecule has 0 unspecified atom stereocenters. The first-order valence-electron chi connectivity index (χ1n) is 10.8. The Hall–Kier alpha value is -1.92. The smallest absolute Gasteiger partial charge is 0.241 e. The molecule has 154 valence electrons. The van der Waals surface area contributed by atoms with Crippen molar-refractivity contribution in [2.75, 3.05) is 50.7 Å². The van der Waals surface area contributed by atoms with Crippen LogP contribution in [-0.2, 0) is 16.0 Å². The minimum Gasteiger partial charge on any atom is -0.340 e. The van der Waals surface area contributed by atoms with E-state index in [9.17, 15) is 9.59 Å². The van der Waals surface area contributed by atoms with Crippen LogP contribution in [0.3, 0.4) is 0 Å². The van der Waals surface area contributed by atoms with Crippen LogP contribution >= 0.6 is 0 Å². The number of amides is 2. The Morgan fingerprint density at radius 1 is 0.893 bits per heavy atom. The monoisotopic (exact) mass is 386 g/mol. The molecule has 2 heterocycles. The van der Waals surface area contributed by atoms with Gasteiger partial charge in [-0.2, -0.15) is 0 Å². The van der Waals surface area contributed by atoms with Crippen molar-refractivity contribution in [3.8, 4) is 0 Å². The van der Waals surface area contributed by atoms with E-state index >= 15 is 0 Å². The number of fused-ring (bicyclic) bond motifs is 1. The molecule has 2 N–H and O–H groups in total. The van der Waals surface area contributed by atoms with Gasteiger partial charge in [-0.25, -0.2) is 0 Å². The van der Waals surface area contributed by atoms with Crippen molar-refractivity contribution in [1.29, 1.82) is 0 Å². The van der Waals surface area contributed by atoms with Crippen molar-refractivity contribution in [3.05, 3.63) is 29.8 Å². The highest BCUT2D eigenvalue weighted by atomic mass is 16.2. The van der Waals surface area contributed by atoms with Crippen LogP contribution < -0.4 is 10.6 Å². The summed E-state index contributed by atoms with van der Waals surface area (Å²) in [6, 6.07) is 8.22. The van der Waals surface area contributed by atoms with E-state index in [1.54, 1.807) is 0 Å². The summed E-state index contributed by atoms with van der Waals surface area (Å²) in [5.41, 5.74) is 7.84. The van der Waals surface area contributed by atoms with Gasteiger partial charge in [0.1, 0.15) is 0 Å². The topological polar surface area (TPSA) is 69.9 Å². The SMILES string of the molecule is NCCCCCCC(=O)N1CCN(CC(=O)N2CCCc3ccccc32)CC1. The molecule has 2 amide bonds. The molecule has 0 bridgehead atoms. The highest BCUT2D eigenvalue weighted by Crippen LogP contribution is 2.26. The first kappa shape index (κ1) is 20.8. The lowest BCUT2D eigenvalue weighted by molar-refractivity contribution is -0.133. The summed E-state index contributed by atoms with van der Waals surface area (Å²) in [7, 11) is 0. The van der Waals surface area contributed by atoms with Crippen molar-refractivity contribution in [2.45, 2.75) is 44.9 Å². The summed E-state index contributed by atoms with van der Waals surface area (Å²) in [6.45, 7) is 4.99. The van der Waals surface area contributed by atoms with Gasteiger partial charge in [0.25, 0.3) is 0 Å². The standard InChI is InChI=1S/C22H34N4O2/c23-12-6-2-1-3-11-21(27)25-16-14-24(15-17-25)18-22(28)26-13-7-9-19-8-4-5-10-20(19)26/h4-5,8,10H,1-3,6-7,9,11-18,23H2. The van der Waals surface area contributed by atoms with Crippen molar-refractivity contribution in [1.82, 2.24) is 9.80 Å². The number of piperazine rings is 1. The normalized spacial score (nSPS) is 17.5. The fourth-order valence-corrected chi connectivity index (χ4v) is 4.16. The average molecular weight is 387 g/mol. The predicted molar refractivity (Wildman–Crippen MR) is 112 cm³/mol. The van der Waals surface area contributed by atoms with Gasteiger partial charge in [-0.15, -0.1) is 0 Å². The zero-order valence-corrected chi connectivity index (χ0v) is 16.9. The Morgan fingerprint density at radius 3 is 2.43 bits per heavy atom. The van der Waals surface area contributed by atoms with Gasteiger partial charge in [0.15, 0.2) is 0 Å². The number of benzene rings is 1. The second kappa shape index (κ2) is 10.6. The fraction of sp³-hybridized carbons (Fsp3) is 0.636. The predicted octanol–water partition coefficient (Wildman–Crippen LogP) is 2.02. The molecule has 2 aliphatic heterocycles. The third-order valence-corrected chi connectivity index (χ3v) is 5.84. The highest BCUT2D eigenvalue weighted by molar-refractivity contribution is 5.96. The van der Waals surface area contributed by atoms with E-state index in [-0.39, 0.29) is 11.8 Å². The first-order chi connectivity index (χ1) is 13.7. The lowest BCUT2D eigenvalue weighted by Crippen LogP contribution is -2.52. The number of aryl methyl sites for hydroxylation is 1. The molecule has 6 nitrogen and oxygen atoms in total. The van der Waals surface area contributed by atoms with E-state index < -0.39 is 0 Å². The number of rotatable bonds is 8. The third kappa shape index (κ3) is 5.55. The summed E-state index contributed by atoms with van der Waals surface area (Å²) >= 11 is 0. The van der Waals surface area contributed by atoms with Crippen LogP contribution in [0.5, 0.6) is 0 Å². The lowest BCUT2D eigenvalue weighted by Gasteiger charge is -2.36. The van der Waals surface area contributed by atoms with Gasteiger partial charge in [0.2, 0.25) is 11.8 Å². The van der Waals surface area contributed by atoms with E-state index in [0.29, 0.717) is 13.0 Å².